The van der Waals surface area contributed by atoms with Gasteiger partial charge in [-0.3, -0.25) is 9.52 Å². The molecule has 0 aliphatic heterocycles. The van der Waals surface area contributed by atoms with Crippen molar-refractivity contribution in [3.8, 4) is 5.75 Å². The first-order valence-corrected chi connectivity index (χ1v) is 9.72. The summed E-state index contributed by atoms with van der Waals surface area (Å²) in [6.07, 6.45) is 2.99. The van der Waals surface area contributed by atoms with Crippen LogP contribution in [-0.2, 0) is 10.0 Å². The average Bonchev–Trinajstić information content (AvgIpc) is 2.68. The number of benzene rings is 3. The molecule has 0 saturated heterocycles. The number of phenols is 1. The van der Waals surface area contributed by atoms with Crippen molar-refractivity contribution in [2.45, 2.75) is 4.90 Å². The second kappa shape index (κ2) is 8.06. The first-order valence-electron chi connectivity index (χ1n) is 8.24. The van der Waals surface area contributed by atoms with Crippen molar-refractivity contribution < 1.29 is 22.7 Å². The molecule has 0 bridgehead atoms. The van der Waals surface area contributed by atoms with E-state index in [1.54, 1.807) is 18.2 Å². The largest absolute Gasteiger partial charge is 0.508 e. The molecule has 3 aromatic rings. The molecule has 142 valence electrons. The summed E-state index contributed by atoms with van der Waals surface area (Å²) in [4.78, 5) is 11.8. The van der Waals surface area contributed by atoms with Gasteiger partial charge in [-0.1, -0.05) is 30.3 Å². The summed E-state index contributed by atoms with van der Waals surface area (Å²) < 4.78 is 40.6. The summed E-state index contributed by atoms with van der Waals surface area (Å²) in [7, 11) is -4.07. The van der Waals surface area contributed by atoms with Gasteiger partial charge in [-0.2, -0.15) is 0 Å². The molecule has 3 rings (SSSR count). The van der Waals surface area contributed by atoms with E-state index >= 15 is 0 Å². The fourth-order valence-electron chi connectivity index (χ4n) is 2.43. The minimum absolute atomic E-state index is 0.136. The van der Waals surface area contributed by atoms with Gasteiger partial charge in [0.2, 0.25) is 0 Å². The summed E-state index contributed by atoms with van der Waals surface area (Å²) >= 11 is 0. The first-order chi connectivity index (χ1) is 13.3. The Morgan fingerprint density at radius 3 is 2.21 bits per heavy atom. The van der Waals surface area contributed by atoms with Crippen LogP contribution in [0, 0.1) is 5.82 Å². The predicted molar refractivity (Wildman–Crippen MR) is 105 cm³/mol. The average molecular weight is 397 g/mol. The van der Waals surface area contributed by atoms with Crippen LogP contribution in [0.15, 0.2) is 83.8 Å². The van der Waals surface area contributed by atoms with Crippen LogP contribution in [0.1, 0.15) is 15.9 Å². The molecule has 0 radical (unpaired) electrons. The van der Waals surface area contributed by atoms with Crippen molar-refractivity contribution in [2.75, 3.05) is 4.72 Å². The number of nitrogens with one attached hydrogen (secondary N) is 1. The highest BCUT2D eigenvalue weighted by molar-refractivity contribution is 7.92. The molecule has 0 aromatic heterocycles. The third-order valence-electron chi connectivity index (χ3n) is 3.87. The molecule has 3 aromatic carbocycles. The van der Waals surface area contributed by atoms with Gasteiger partial charge in [-0.15, -0.1) is 0 Å². The zero-order valence-electron chi connectivity index (χ0n) is 14.5. The number of carbonyl (C=O) groups excluding carboxylic acids is 1. The van der Waals surface area contributed by atoms with E-state index in [9.17, 15) is 22.7 Å². The molecule has 0 heterocycles. The molecule has 28 heavy (non-hydrogen) atoms. The lowest BCUT2D eigenvalue weighted by Crippen LogP contribution is -2.14. The molecule has 0 fully saturated rings. The normalized spacial score (nSPS) is 11.5. The molecule has 0 amide bonds. The summed E-state index contributed by atoms with van der Waals surface area (Å²) in [5.41, 5.74) is 1.33. The quantitative estimate of drug-likeness (QED) is 0.482. The maximum absolute atomic E-state index is 13.7. The predicted octanol–water partition coefficient (Wildman–Crippen LogP) is 4.23. The summed E-state index contributed by atoms with van der Waals surface area (Å²) in [5.74, 6) is -0.977. The lowest BCUT2D eigenvalue weighted by molar-refractivity contribution is 0.104. The maximum atomic E-state index is 13.7. The van der Waals surface area contributed by atoms with E-state index in [0.717, 1.165) is 11.6 Å². The van der Waals surface area contributed by atoms with Gasteiger partial charge in [0.25, 0.3) is 10.0 Å². The molecule has 0 atom stereocenters. The molecule has 0 aliphatic rings. The second-order valence-electron chi connectivity index (χ2n) is 5.90. The van der Waals surface area contributed by atoms with E-state index in [1.807, 2.05) is 0 Å². The number of halogens is 1. The molecule has 0 spiro atoms. The van der Waals surface area contributed by atoms with Gasteiger partial charge >= 0.3 is 0 Å². The van der Waals surface area contributed by atoms with Crippen LogP contribution in [0.5, 0.6) is 5.75 Å². The zero-order chi connectivity index (χ0) is 20.1. The molecular formula is C21H16FNO4S. The highest BCUT2D eigenvalue weighted by Gasteiger charge is 2.18. The van der Waals surface area contributed by atoms with Gasteiger partial charge in [0.05, 0.1) is 0 Å². The van der Waals surface area contributed by atoms with Crippen molar-refractivity contribution in [3.05, 3.63) is 95.8 Å². The van der Waals surface area contributed by atoms with Crippen molar-refractivity contribution in [1.82, 2.24) is 0 Å². The fraction of sp³-hybridized carbons (Fsp3) is 0. The van der Waals surface area contributed by atoms with E-state index in [-0.39, 0.29) is 17.2 Å². The lowest BCUT2D eigenvalue weighted by atomic mass is 10.1. The minimum atomic E-state index is -4.07. The summed E-state index contributed by atoms with van der Waals surface area (Å²) in [5, 5.41) is 9.25. The fourth-order valence-corrected chi connectivity index (χ4v) is 3.57. The van der Waals surface area contributed by atoms with Gasteiger partial charge in [-0.25, -0.2) is 12.8 Å². The number of aromatic hydroxyl groups is 1. The van der Waals surface area contributed by atoms with Gasteiger partial charge in [-0.05, 0) is 60.2 Å². The van der Waals surface area contributed by atoms with Crippen LogP contribution >= 0.6 is 0 Å². The Morgan fingerprint density at radius 1 is 0.929 bits per heavy atom. The Labute approximate surface area is 161 Å². The van der Waals surface area contributed by atoms with E-state index < -0.39 is 20.7 Å². The Balaban J connectivity index is 1.72. The third kappa shape index (κ3) is 4.63. The number of carbonyl (C=O) groups is 1. The summed E-state index contributed by atoms with van der Waals surface area (Å²) in [6, 6.07) is 17.2. The van der Waals surface area contributed by atoms with Crippen LogP contribution in [0.3, 0.4) is 0 Å². The molecule has 2 N–H and O–H groups in total. The van der Waals surface area contributed by atoms with Gasteiger partial charge < -0.3 is 5.11 Å². The van der Waals surface area contributed by atoms with Crippen LogP contribution in [0.25, 0.3) is 6.08 Å². The van der Waals surface area contributed by atoms with Crippen LogP contribution in [0.2, 0.25) is 0 Å². The highest BCUT2D eigenvalue weighted by Crippen LogP contribution is 2.19. The highest BCUT2D eigenvalue weighted by atomic mass is 32.2. The Morgan fingerprint density at radius 2 is 1.57 bits per heavy atom. The number of hydrogen-bond donors (Lipinski definition) is 2. The van der Waals surface area contributed by atoms with Crippen LogP contribution in [-0.4, -0.2) is 19.3 Å². The molecule has 7 heteroatoms. The van der Waals surface area contributed by atoms with E-state index in [0.29, 0.717) is 5.56 Å². The maximum Gasteiger partial charge on any atom is 0.264 e. The lowest BCUT2D eigenvalue weighted by Gasteiger charge is -2.09. The SMILES string of the molecule is O=C(C=Cc1ccc(O)cc1)c1ccc(NS(=O)(=O)c2ccccc2F)cc1. The first kappa shape index (κ1) is 19.3. The number of rotatable bonds is 6. The second-order valence-corrected chi connectivity index (χ2v) is 7.55. The van der Waals surface area contributed by atoms with Crippen molar-refractivity contribution >= 4 is 27.6 Å². The number of hydrogen-bond acceptors (Lipinski definition) is 4. The van der Waals surface area contributed by atoms with Crippen molar-refractivity contribution in [1.29, 1.82) is 0 Å². The number of phenolic OH excluding ortho intramolecular Hbond substituents is 1. The molecule has 0 saturated carbocycles. The smallest absolute Gasteiger partial charge is 0.264 e. The van der Waals surface area contributed by atoms with E-state index in [4.69, 9.17) is 0 Å². The van der Waals surface area contributed by atoms with Crippen LogP contribution in [0.4, 0.5) is 10.1 Å². The Kier molecular flexibility index (Phi) is 5.56. The van der Waals surface area contributed by atoms with Gasteiger partial charge in [0.15, 0.2) is 5.78 Å². The van der Waals surface area contributed by atoms with E-state index in [2.05, 4.69) is 4.72 Å². The molecule has 5 nitrogen and oxygen atoms in total. The van der Waals surface area contributed by atoms with Gasteiger partial charge in [0, 0.05) is 11.3 Å². The Hall–Kier alpha value is -3.45. The number of ketones is 1. The summed E-state index contributed by atoms with van der Waals surface area (Å²) in [6.45, 7) is 0. The minimum Gasteiger partial charge on any atom is -0.508 e. The topological polar surface area (TPSA) is 83.5 Å². The van der Waals surface area contributed by atoms with Crippen molar-refractivity contribution in [2.24, 2.45) is 0 Å². The molecule has 0 unspecified atom stereocenters. The number of allylic oxidation sites excluding steroid dienone is 1. The number of anilines is 1. The molecular weight excluding hydrogens is 381 g/mol. The standard InChI is InChI=1S/C21H16FNO4S/c22-19-3-1-2-4-21(19)28(26,27)23-17-10-8-16(9-11-17)20(25)14-7-15-5-12-18(24)13-6-15/h1-14,23-24H. The monoisotopic (exact) mass is 397 g/mol. The van der Waals surface area contributed by atoms with E-state index in [1.165, 1.54) is 60.7 Å². The van der Waals surface area contributed by atoms with Crippen molar-refractivity contribution in [3.63, 3.8) is 0 Å². The third-order valence-corrected chi connectivity index (χ3v) is 5.28. The molecule has 0 aliphatic carbocycles. The Bertz CT molecular complexity index is 1120. The van der Waals surface area contributed by atoms with Crippen LogP contribution < -0.4 is 4.72 Å². The zero-order valence-corrected chi connectivity index (χ0v) is 15.4. The van der Waals surface area contributed by atoms with Gasteiger partial charge in [0.1, 0.15) is 16.5 Å². The number of sulfonamides is 1.